The zero-order chi connectivity index (χ0) is 15.9. The van der Waals surface area contributed by atoms with Gasteiger partial charge in [-0.3, -0.25) is 4.79 Å². The summed E-state index contributed by atoms with van der Waals surface area (Å²) in [6, 6.07) is 9.69. The molecule has 2 aromatic rings. The maximum absolute atomic E-state index is 12.3. The third kappa shape index (κ3) is 4.23. The molecular weight excluding hydrogens is 272 g/mol. The molecule has 2 rings (SSSR count). The Balaban J connectivity index is 2.07. The van der Waals surface area contributed by atoms with E-state index in [-0.39, 0.29) is 5.56 Å². The first-order valence-electron chi connectivity index (χ1n) is 8.15. The average molecular weight is 298 g/mol. The highest BCUT2D eigenvalue weighted by Crippen LogP contribution is 2.16. The highest BCUT2D eigenvalue weighted by molar-refractivity contribution is 5.50. The summed E-state index contributed by atoms with van der Waals surface area (Å²) < 4.78 is 1.75. The fourth-order valence-corrected chi connectivity index (χ4v) is 2.65. The lowest BCUT2D eigenvalue weighted by Crippen LogP contribution is -2.20. The summed E-state index contributed by atoms with van der Waals surface area (Å²) in [5.74, 6) is 0. The Morgan fingerprint density at radius 3 is 2.68 bits per heavy atom. The number of pyridine rings is 1. The molecule has 118 valence electrons. The van der Waals surface area contributed by atoms with Crippen LogP contribution in [0.1, 0.15) is 49.3 Å². The highest BCUT2D eigenvalue weighted by Gasteiger charge is 2.04. The molecular formula is C19H26N2O. The van der Waals surface area contributed by atoms with Crippen LogP contribution in [-0.4, -0.2) is 4.57 Å². The van der Waals surface area contributed by atoms with Gasteiger partial charge in [-0.2, -0.15) is 0 Å². The van der Waals surface area contributed by atoms with Crippen LogP contribution in [0, 0.1) is 6.92 Å². The minimum absolute atomic E-state index is 0.0646. The Morgan fingerprint density at radius 1 is 1.14 bits per heavy atom. The van der Waals surface area contributed by atoms with Crippen LogP contribution in [0.5, 0.6) is 0 Å². The van der Waals surface area contributed by atoms with Crippen LogP contribution in [-0.2, 0) is 13.0 Å². The molecule has 3 heteroatoms. The number of nitrogens with two attached hydrogens (primary N) is 1. The number of nitrogens with zero attached hydrogens (tertiary/aromatic N) is 1. The summed E-state index contributed by atoms with van der Waals surface area (Å²) in [7, 11) is 0. The number of anilines is 1. The fourth-order valence-electron chi connectivity index (χ4n) is 2.65. The molecule has 0 amide bonds. The molecule has 0 spiro atoms. The van der Waals surface area contributed by atoms with E-state index in [0.717, 1.165) is 35.2 Å². The number of rotatable bonds is 7. The lowest BCUT2D eigenvalue weighted by molar-refractivity contribution is 0.663. The number of aromatic nitrogens is 1. The zero-order valence-electron chi connectivity index (χ0n) is 13.6. The molecule has 0 saturated heterocycles. The molecule has 0 aliphatic heterocycles. The van der Waals surface area contributed by atoms with Crippen molar-refractivity contribution >= 4 is 5.69 Å². The maximum Gasteiger partial charge on any atom is 0.251 e. The van der Waals surface area contributed by atoms with E-state index in [1.54, 1.807) is 10.6 Å². The molecule has 0 fully saturated rings. The number of benzene rings is 1. The van der Waals surface area contributed by atoms with Crippen molar-refractivity contribution in [2.75, 3.05) is 5.73 Å². The van der Waals surface area contributed by atoms with Crippen molar-refractivity contribution in [3.63, 3.8) is 0 Å². The number of aryl methyl sites for hydroxylation is 1. The summed E-state index contributed by atoms with van der Waals surface area (Å²) in [5.41, 5.74) is 10.1. The number of hydrogen-bond acceptors (Lipinski definition) is 2. The summed E-state index contributed by atoms with van der Waals surface area (Å²) in [6.45, 7) is 4.78. The summed E-state index contributed by atoms with van der Waals surface area (Å²) in [4.78, 5) is 12.3. The van der Waals surface area contributed by atoms with E-state index in [1.165, 1.54) is 19.3 Å². The van der Waals surface area contributed by atoms with Crippen molar-refractivity contribution in [1.82, 2.24) is 4.57 Å². The van der Waals surface area contributed by atoms with Gasteiger partial charge in [-0.25, -0.2) is 0 Å². The SMILES string of the molecule is CCCCCCc1ccn(Cc2cccc(N)c2C)c(=O)c1. The van der Waals surface area contributed by atoms with Crippen LogP contribution >= 0.6 is 0 Å². The molecule has 0 bridgehead atoms. The quantitative estimate of drug-likeness (QED) is 0.622. The molecule has 0 atom stereocenters. The van der Waals surface area contributed by atoms with E-state index >= 15 is 0 Å². The Bertz CT molecular complexity index is 673. The van der Waals surface area contributed by atoms with Crippen molar-refractivity contribution in [3.05, 3.63) is 63.6 Å². The van der Waals surface area contributed by atoms with Gasteiger partial charge in [0.2, 0.25) is 0 Å². The van der Waals surface area contributed by atoms with Crippen LogP contribution in [0.3, 0.4) is 0 Å². The molecule has 0 unspecified atom stereocenters. The van der Waals surface area contributed by atoms with Gasteiger partial charge in [-0.1, -0.05) is 38.3 Å². The maximum atomic E-state index is 12.3. The molecule has 2 N–H and O–H groups in total. The van der Waals surface area contributed by atoms with Gasteiger partial charge >= 0.3 is 0 Å². The highest BCUT2D eigenvalue weighted by atomic mass is 16.1. The average Bonchev–Trinajstić information content (AvgIpc) is 2.51. The molecule has 1 aromatic heterocycles. The predicted molar refractivity (Wildman–Crippen MR) is 93.2 cm³/mol. The molecule has 1 heterocycles. The molecule has 0 aliphatic carbocycles. The van der Waals surface area contributed by atoms with Crippen molar-refractivity contribution in [1.29, 1.82) is 0 Å². The van der Waals surface area contributed by atoms with Crippen molar-refractivity contribution in [2.24, 2.45) is 0 Å². The second kappa shape index (κ2) is 7.83. The summed E-state index contributed by atoms with van der Waals surface area (Å²) >= 11 is 0. The van der Waals surface area contributed by atoms with Gasteiger partial charge in [0.1, 0.15) is 0 Å². The van der Waals surface area contributed by atoms with Gasteiger partial charge in [0, 0.05) is 18.0 Å². The minimum Gasteiger partial charge on any atom is -0.399 e. The van der Waals surface area contributed by atoms with Crippen LogP contribution in [0.15, 0.2) is 41.3 Å². The molecule has 3 nitrogen and oxygen atoms in total. The van der Waals surface area contributed by atoms with E-state index < -0.39 is 0 Å². The Hall–Kier alpha value is -2.03. The summed E-state index contributed by atoms with van der Waals surface area (Å²) in [5, 5.41) is 0. The van der Waals surface area contributed by atoms with Crippen molar-refractivity contribution in [2.45, 2.75) is 52.5 Å². The van der Waals surface area contributed by atoms with E-state index in [9.17, 15) is 4.79 Å². The molecule has 0 aliphatic rings. The molecule has 0 saturated carbocycles. The van der Waals surface area contributed by atoms with Gasteiger partial charge in [-0.05, 0) is 48.6 Å². The first-order valence-corrected chi connectivity index (χ1v) is 8.15. The lowest BCUT2D eigenvalue weighted by Gasteiger charge is -2.11. The van der Waals surface area contributed by atoms with E-state index in [0.29, 0.717) is 6.54 Å². The van der Waals surface area contributed by atoms with E-state index in [4.69, 9.17) is 5.73 Å². The normalized spacial score (nSPS) is 10.8. The molecule has 22 heavy (non-hydrogen) atoms. The van der Waals surface area contributed by atoms with Gasteiger partial charge in [0.05, 0.1) is 6.54 Å². The Labute approximate surface area is 132 Å². The first-order chi connectivity index (χ1) is 10.6. The minimum atomic E-state index is 0.0646. The van der Waals surface area contributed by atoms with Crippen LogP contribution in [0.4, 0.5) is 5.69 Å². The topological polar surface area (TPSA) is 48.0 Å². The third-order valence-electron chi connectivity index (χ3n) is 4.21. The van der Waals surface area contributed by atoms with Crippen molar-refractivity contribution < 1.29 is 0 Å². The monoisotopic (exact) mass is 298 g/mol. The van der Waals surface area contributed by atoms with Crippen LogP contribution in [0.2, 0.25) is 0 Å². The van der Waals surface area contributed by atoms with Crippen LogP contribution < -0.4 is 11.3 Å². The second-order valence-corrected chi connectivity index (χ2v) is 5.94. The largest absolute Gasteiger partial charge is 0.399 e. The Kier molecular flexibility index (Phi) is 5.82. The predicted octanol–water partition coefficient (Wildman–Crippen LogP) is 3.91. The zero-order valence-corrected chi connectivity index (χ0v) is 13.6. The Morgan fingerprint density at radius 2 is 1.95 bits per heavy atom. The third-order valence-corrected chi connectivity index (χ3v) is 4.21. The van der Waals surface area contributed by atoms with Gasteiger partial charge in [-0.15, -0.1) is 0 Å². The lowest BCUT2D eigenvalue weighted by atomic mass is 10.1. The standard InChI is InChI=1S/C19H26N2O/c1-3-4-5-6-8-16-11-12-21(19(22)13-16)14-17-9-7-10-18(20)15(17)2/h7,9-13H,3-6,8,14,20H2,1-2H3. The van der Waals surface area contributed by atoms with Crippen LogP contribution in [0.25, 0.3) is 0 Å². The number of nitrogen functional groups attached to an aromatic ring is 1. The van der Waals surface area contributed by atoms with Crippen molar-refractivity contribution in [3.8, 4) is 0 Å². The van der Waals surface area contributed by atoms with E-state index in [2.05, 4.69) is 13.0 Å². The van der Waals surface area contributed by atoms with E-state index in [1.807, 2.05) is 31.3 Å². The molecule has 1 aromatic carbocycles. The number of hydrogen-bond donors (Lipinski definition) is 1. The fraction of sp³-hybridized carbons (Fsp3) is 0.421. The number of unbranched alkanes of at least 4 members (excludes halogenated alkanes) is 3. The van der Waals surface area contributed by atoms with Gasteiger partial charge < -0.3 is 10.3 Å². The second-order valence-electron chi connectivity index (χ2n) is 5.94. The molecule has 0 radical (unpaired) electrons. The summed E-state index contributed by atoms with van der Waals surface area (Å²) in [6.07, 6.45) is 7.80. The van der Waals surface area contributed by atoms with Gasteiger partial charge in [0.25, 0.3) is 5.56 Å². The first kappa shape index (κ1) is 16.3. The van der Waals surface area contributed by atoms with Gasteiger partial charge in [0.15, 0.2) is 0 Å². The smallest absolute Gasteiger partial charge is 0.251 e.